The minimum absolute atomic E-state index is 0.0879. The molecule has 1 fully saturated rings. The maximum atomic E-state index is 12.0. The lowest BCUT2D eigenvalue weighted by Gasteiger charge is -2.27. The van der Waals surface area contributed by atoms with E-state index < -0.39 is 0 Å². The number of rotatable bonds is 10. The fourth-order valence-electron chi connectivity index (χ4n) is 3.40. The molecule has 0 spiro atoms. The molecular weight excluding hydrogens is 394 g/mol. The first-order valence-electron chi connectivity index (χ1n) is 10.7. The number of methoxy groups -OCH3 is 1. The second kappa shape index (κ2) is 12.1. The summed E-state index contributed by atoms with van der Waals surface area (Å²) >= 11 is 0. The highest BCUT2D eigenvalue weighted by atomic mass is 16.5. The third-order valence-electron chi connectivity index (χ3n) is 5.04. The van der Waals surface area contributed by atoms with E-state index in [1.807, 2.05) is 42.5 Å². The lowest BCUT2D eigenvalue weighted by Crippen LogP contribution is -2.35. The van der Waals surface area contributed by atoms with Crippen LogP contribution in [0.2, 0.25) is 0 Å². The summed E-state index contributed by atoms with van der Waals surface area (Å²) in [6.07, 6.45) is 3.76. The number of nitrogens with zero attached hydrogens (tertiary/aromatic N) is 2. The average Bonchev–Trinajstić information content (AvgIpc) is 2.80. The molecule has 31 heavy (non-hydrogen) atoms. The van der Waals surface area contributed by atoms with Crippen LogP contribution in [0.15, 0.2) is 47.6 Å². The van der Waals surface area contributed by atoms with Crippen molar-refractivity contribution in [3.8, 4) is 11.5 Å². The van der Waals surface area contributed by atoms with Crippen LogP contribution >= 0.6 is 0 Å². The Morgan fingerprint density at radius 3 is 2.68 bits per heavy atom. The van der Waals surface area contributed by atoms with Gasteiger partial charge in [-0.3, -0.25) is 9.69 Å². The standard InChI is InChI=1S/C24H31N3O4/c1-3-4-19-5-8-22(9-6-19)31-18-24(28)26-25-16-20-7-10-23(29-2)21(15-20)17-27-11-13-30-14-12-27/h5-10,15-16H,3-4,11-14,17-18H2,1-2H3,(H,26,28)/b25-16-. The van der Waals surface area contributed by atoms with Crippen molar-refractivity contribution in [3.63, 3.8) is 0 Å². The number of hydrogen-bond acceptors (Lipinski definition) is 6. The molecule has 0 radical (unpaired) electrons. The van der Waals surface area contributed by atoms with Crippen LogP contribution < -0.4 is 14.9 Å². The maximum absolute atomic E-state index is 12.0. The van der Waals surface area contributed by atoms with Crippen LogP contribution in [-0.4, -0.2) is 57.0 Å². The fourth-order valence-corrected chi connectivity index (χ4v) is 3.40. The van der Waals surface area contributed by atoms with Gasteiger partial charge in [-0.25, -0.2) is 5.43 Å². The molecule has 1 heterocycles. The number of aryl methyl sites for hydroxylation is 1. The van der Waals surface area contributed by atoms with E-state index >= 15 is 0 Å². The number of amides is 1. The Bertz CT molecular complexity index is 862. The number of nitrogens with one attached hydrogen (secondary N) is 1. The van der Waals surface area contributed by atoms with Crippen LogP contribution in [-0.2, 0) is 22.5 Å². The fraction of sp³-hybridized carbons (Fsp3) is 0.417. The van der Waals surface area contributed by atoms with Crippen LogP contribution in [0, 0.1) is 0 Å². The lowest BCUT2D eigenvalue weighted by atomic mass is 10.1. The molecule has 0 bridgehead atoms. The highest BCUT2D eigenvalue weighted by Gasteiger charge is 2.13. The quantitative estimate of drug-likeness (QED) is 0.468. The molecule has 7 nitrogen and oxygen atoms in total. The molecule has 0 saturated carbocycles. The molecule has 1 amide bonds. The predicted molar refractivity (Wildman–Crippen MR) is 121 cm³/mol. The molecule has 1 aliphatic heterocycles. The van der Waals surface area contributed by atoms with Crippen molar-refractivity contribution in [3.05, 3.63) is 59.2 Å². The number of hydrogen-bond donors (Lipinski definition) is 1. The second-order valence-corrected chi connectivity index (χ2v) is 7.44. The third-order valence-corrected chi connectivity index (χ3v) is 5.04. The topological polar surface area (TPSA) is 72.4 Å². The number of carbonyl (C=O) groups is 1. The second-order valence-electron chi connectivity index (χ2n) is 7.44. The Hall–Kier alpha value is -2.90. The van der Waals surface area contributed by atoms with Gasteiger partial charge in [0.2, 0.25) is 0 Å². The Morgan fingerprint density at radius 1 is 1.19 bits per heavy atom. The van der Waals surface area contributed by atoms with E-state index in [0.717, 1.165) is 62.6 Å². The summed E-state index contributed by atoms with van der Waals surface area (Å²) in [6.45, 7) is 6.14. The normalized spacial score (nSPS) is 14.5. The van der Waals surface area contributed by atoms with Crippen molar-refractivity contribution >= 4 is 12.1 Å². The summed E-state index contributed by atoms with van der Waals surface area (Å²) in [6, 6.07) is 13.7. The van der Waals surface area contributed by atoms with Gasteiger partial charge in [0.05, 0.1) is 26.5 Å². The van der Waals surface area contributed by atoms with E-state index in [1.54, 1.807) is 13.3 Å². The first-order chi connectivity index (χ1) is 15.2. The summed E-state index contributed by atoms with van der Waals surface area (Å²) in [5.74, 6) is 1.20. The summed E-state index contributed by atoms with van der Waals surface area (Å²) < 4.78 is 16.4. The van der Waals surface area contributed by atoms with Crippen molar-refractivity contribution in [1.82, 2.24) is 10.3 Å². The molecule has 3 rings (SSSR count). The van der Waals surface area contributed by atoms with Gasteiger partial charge >= 0.3 is 0 Å². The minimum Gasteiger partial charge on any atom is -0.496 e. The van der Waals surface area contributed by atoms with Gasteiger partial charge in [-0.2, -0.15) is 5.10 Å². The lowest BCUT2D eigenvalue weighted by molar-refractivity contribution is -0.123. The molecule has 0 aromatic heterocycles. The minimum atomic E-state index is -0.309. The van der Waals surface area contributed by atoms with E-state index in [9.17, 15) is 4.79 Å². The van der Waals surface area contributed by atoms with Gasteiger partial charge < -0.3 is 14.2 Å². The van der Waals surface area contributed by atoms with Crippen molar-refractivity contribution in [2.45, 2.75) is 26.3 Å². The molecule has 1 saturated heterocycles. The number of benzene rings is 2. The van der Waals surface area contributed by atoms with E-state index in [1.165, 1.54) is 5.56 Å². The summed E-state index contributed by atoms with van der Waals surface area (Å²) in [4.78, 5) is 14.3. The van der Waals surface area contributed by atoms with Crippen LogP contribution in [0.25, 0.3) is 0 Å². The Balaban J connectivity index is 1.49. The van der Waals surface area contributed by atoms with Crippen molar-refractivity contribution in [2.24, 2.45) is 5.10 Å². The van der Waals surface area contributed by atoms with Crippen LogP contribution in [0.3, 0.4) is 0 Å². The van der Waals surface area contributed by atoms with Crippen molar-refractivity contribution < 1.29 is 19.0 Å². The Kier molecular flexibility index (Phi) is 8.87. The summed E-state index contributed by atoms with van der Waals surface area (Å²) in [5.41, 5.74) is 5.73. The zero-order valence-electron chi connectivity index (χ0n) is 18.3. The van der Waals surface area contributed by atoms with Crippen molar-refractivity contribution in [1.29, 1.82) is 0 Å². The van der Waals surface area contributed by atoms with Gasteiger partial charge in [-0.05, 0) is 47.9 Å². The highest BCUT2D eigenvalue weighted by Crippen LogP contribution is 2.21. The molecule has 0 aliphatic carbocycles. The number of ether oxygens (including phenoxy) is 3. The first kappa shape index (κ1) is 22.8. The van der Waals surface area contributed by atoms with Crippen molar-refractivity contribution in [2.75, 3.05) is 40.0 Å². The molecule has 2 aromatic carbocycles. The van der Waals surface area contributed by atoms with Crippen LogP contribution in [0.1, 0.15) is 30.0 Å². The number of carbonyl (C=O) groups excluding carboxylic acids is 1. The molecular formula is C24H31N3O4. The van der Waals surface area contributed by atoms with E-state index in [4.69, 9.17) is 14.2 Å². The Morgan fingerprint density at radius 2 is 1.97 bits per heavy atom. The van der Waals surface area contributed by atoms with E-state index in [-0.39, 0.29) is 12.5 Å². The van der Waals surface area contributed by atoms with E-state index in [2.05, 4.69) is 22.4 Å². The van der Waals surface area contributed by atoms with Gasteiger partial charge in [0.1, 0.15) is 11.5 Å². The third kappa shape index (κ3) is 7.38. The van der Waals surface area contributed by atoms with E-state index in [0.29, 0.717) is 5.75 Å². The zero-order valence-corrected chi connectivity index (χ0v) is 18.3. The monoisotopic (exact) mass is 425 g/mol. The SMILES string of the molecule is CCCc1ccc(OCC(=O)N/N=C\c2ccc(OC)c(CN3CCOCC3)c2)cc1. The van der Waals surface area contributed by atoms with Gasteiger partial charge in [0.25, 0.3) is 5.91 Å². The zero-order chi connectivity index (χ0) is 21.9. The van der Waals surface area contributed by atoms with Gasteiger partial charge in [-0.1, -0.05) is 25.5 Å². The molecule has 2 aromatic rings. The predicted octanol–water partition coefficient (Wildman–Crippen LogP) is 3.01. The molecule has 166 valence electrons. The molecule has 1 aliphatic rings. The number of morpholine rings is 1. The average molecular weight is 426 g/mol. The maximum Gasteiger partial charge on any atom is 0.277 e. The molecule has 0 unspecified atom stereocenters. The van der Waals surface area contributed by atoms with Crippen LogP contribution in [0.4, 0.5) is 0 Å². The van der Waals surface area contributed by atoms with Gasteiger partial charge in [0.15, 0.2) is 6.61 Å². The van der Waals surface area contributed by atoms with Gasteiger partial charge in [-0.15, -0.1) is 0 Å². The first-order valence-corrected chi connectivity index (χ1v) is 10.7. The highest BCUT2D eigenvalue weighted by molar-refractivity contribution is 5.83. The molecule has 7 heteroatoms. The van der Waals surface area contributed by atoms with Crippen LogP contribution in [0.5, 0.6) is 11.5 Å². The smallest absolute Gasteiger partial charge is 0.277 e. The molecule has 0 atom stereocenters. The van der Waals surface area contributed by atoms with Gasteiger partial charge in [0, 0.05) is 25.2 Å². The summed E-state index contributed by atoms with van der Waals surface area (Å²) in [7, 11) is 1.67. The summed E-state index contributed by atoms with van der Waals surface area (Å²) in [5, 5.41) is 4.06. The largest absolute Gasteiger partial charge is 0.496 e. The Labute approximate surface area is 184 Å². The number of hydrazone groups is 1. The molecule has 1 N–H and O–H groups in total.